The Morgan fingerprint density at radius 1 is 1.39 bits per heavy atom. The molecular formula is C14H20FN3. The first kappa shape index (κ1) is 11.9. The van der Waals surface area contributed by atoms with Gasteiger partial charge in [-0.15, -0.1) is 0 Å². The van der Waals surface area contributed by atoms with Gasteiger partial charge in [-0.2, -0.15) is 0 Å². The summed E-state index contributed by atoms with van der Waals surface area (Å²) in [6.45, 7) is 0.724. The van der Waals surface area contributed by atoms with Crippen molar-refractivity contribution in [1.29, 1.82) is 0 Å². The van der Waals surface area contributed by atoms with Gasteiger partial charge >= 0.3 is 0 Å². The Morgan fingerprint density at radius 3 is 2.78 bits per heavy atom. The summed E-state index contributed by atoms with van der Waals surface area (Å²) in [5.74, 6) is 0.697. The molecule has 2 saturated carbocycles. The normalized spacial score (nSPS) is 19.7. The van der Waals surface area contributed by atoms with Crippen molar-refractivity contribution >= 4 is 5.82 Å². The second kappa shape index (κ2) is 4.84. The summed E-state index contributed by atoms with van der Waals surface area (Å²) in [5.41, 5.74) is 0.983. The van der Waals surface area contributed by atoms with Gasteiger partial charge in [-0.25, -0.2) is 9.37 Å². The van der Waals surface area contributed by atoms with E-state index >= 15 is 0 Å². The van der Waals surface area contributed by atoms with Crippen LogP contribution in [0.1, 0.15) is 37.7 Å². The Kier molecular flexibility index (Phi) is 3.20. The van der Waals surface area contributed by atoms with E-state index in [-0.39, 0.29) is 5.82 Å². The largest absolute Gasteiger partial charge is 0.356 e. The molecule has 0 saturated heterocycles. The molecular weight excluding hydrogens is 229 g/mol. The second-order valence-electron chi connectivity index (χ2n) is 5.49. The monoisotopic (exact) mass is 249 g/mol. The Hall–Kier alpha value is -1.16. The smallest absolute Gasteiger partial charge is 0.141 e. The van der Waals surface area contributed by atoms with E-state index in [0.717, 1.165) is 17.9 Å². The molecule has 2 aliphatic rings. The van der Waals surface area contributed by atoms with Crippen LogP contribution >= 0.6 is 0 Å². The maximum absolute atomic E-state index is 13.3. The first-order valence-corrected chi connectivity index (χ1v) is 6.84. The van der Waals surface area contributed by atoms with E-state index in [1.807, 2.05) is 0 Å². The minimum Gasteiger partial charge on any atom is -0.356 e. The standard InChI is InChI=1S/C14H20FN3/c1-18(13-3-2-4-13)14-10(7-11(15)9-17-14)8-16-12-5-6-12/h7,9,12-13,16H,2-6,8H2,1H3. The summed E-state index contributed by atoms with van der Waals surface area (Å²) in [4.78, 5) is 6.51. The number of anilines is 1. The Bertz CT molecular complexity index is 427. The van der Waals surface area contributed by atoms with E-state index in [1.54, 1.807) is 6.07 Å². The van der Waals surface area contributed by atoms with Gasteiger partial charge in [0.25, 0.3) is 0 Å². The highest BCUT2D eigenvalue weighted by atomic mass is 19.1. The molecule has 0 atom stereocenters. The molecule has 3 nitrogen and oxygen atoms in total. The van der Waals surface area contributed by atoms with Crippen LogP contribution in [-0.4, -0.2) is 24.1 Å². The molecule has 0 bridgehead atoms. The van der Waals surface area contributed by atoms with Crippen molar-refractivity contribution in [1.82, 2.24) is 10.3 Å². The van der Waals surface area contributed by atoms with Crippen LogP contribution in [0.2, 0.25) is 0 Å². The van der Waals surface area contributed by atoms with E-state index < -0.39 is 0 Å². The first-order valence-electron chi connectivity index (χ1n) is 6.84. The number of hydrogen-bond donors (Lipinski definition) is 1. The Balaban J connectivity index is 1.76. The number of nitrogens with zero attached hydrogens (tertiary/aromatic N) is 2. The zero-order valence-corrected chi connectivity index (χ0v) is 10.8. The lowest BCUT2D eigenvalue weighted by Crippen LogP contribution is -2.38. The van der Waals surface area contributed by atoms with Gasteiger partial charge in [-0.1, -0.05) is 0 Å². The molecule has 3 rings (SSSR count). The van der Waals surface area contributed by atoms with Gasteiger partial charge in [0.05, 0.1) is 6.20 Å². The van der Waals surface area contributed by atoms with Crippen LogP contribution in [0, 0.1) is 5.82 Å². The number of halogens is 1. The topological polar surface area (TPSA) is 28.2 Å². The van der Waals surface area contributed by atoms with Gasteiger partial charge in [-0.3, -0.25) is 0 Å². The molecule has 0 aliphatic heterocycles. The maximum atomic E-state index is 13.3. The highest BCUT2D eigenvalue weighted by molar-refractivity contribution is 5.47. The Morgan fingerprint density at radius 2 is 2.17 bits per heavy atom. The quantitative estimate of drug-likeness (QED) is 0.869. The predicted octanol–water partition coefficient (Wildman–Crippen LogP) is 2.46. The molecule has 2 fully saturated rings. The van der Waals surface area contributed by atoms with Crippen LogP contribution in [0.25, 0.3) is 0 Å². The molecule has 0 spiro atoms. The highest BCUT2D eigenvalue weighted by Gasteiger charge is 2.26. The third-order valence-electron chi connectivity index (χ3n) is 4.02. The summed E-state index contributed by atoms with van der Waals surface area (Å²) in [7, 11) is 2.07. The van der Waals surface area contributed by atoms with Crippen molar-refractivity contribution in [2.45, 2.75) is 50.7 Å². The molecule has 0 amide bonds. The highest BCUT2D eigenvalue weighted by Crippen LogP contribution is 2.29. The molecule has 1 aromatic rings. The lowest BCUT2D eigenvalue weighted by molar-refractivity contribution is 0.398. The number of nitrogens with one attached hydrogen (secondary N) is 1. The molecule has 0 aromatic carbocycles. The summed E-state index contributed by atoms with van der Waals surface area (Å²) < 4.78 is 13.3. The fraction of sp³-hybridized carbons (Fsp3) is 0.643. The Labute approximate surface area is 107 Å². The van der Waals surface area contributed by atoms with Gasteiger partial charge in [0, 0.05) is 31.2 Å². The molecule has 2 aliphatic carbocycles. The summed E-state index contributed by atoms with van der Waals surface area (Å²) in [6.07, 6.45) is 7.57. The van der Waals surface area contributed by atoms with Crippen molar-refractivity contribution in [3.05, 3.63) is 23.6 Å². The third-order valence-corrected chi connectivity index (χ3v) is 4.02. The van der Waals surface area contributed by atoms with Gasteiger partial charge in [0.1, 0.15) is 11.6 Å². The van der Waals surface area contributed by atoms with Crippen LogP contribution < -0.4 is 10.2 Å². The van der Waals surface area contributed by atoms with E-state index in [1.165, 1.54) is 38.3 Å². The second-order valence-corrected chi connectivity index (χ2v) is 5.49. The van der Waals surface area contributed by atoms with Crippen molar-refractivity contribution in [3.63, 3.8) is 0 Å². The molecule has 1 heterocycles. The zero-order valence-electron chi connectivity index (χ0n) is 10.8. The number of aromatic nitrogens is 1. The van der Waals surface area contributed by atoms with Crippen LogP contribution in [0.15, 0.2) is 12.3 Å². The van der Waals surface area contributed by atoms with E-state index in [2.05, 4.69) is 22.2 Å². The molecule has 98 valence electrons. The van der Waals surface area contributed by atoms with E-state index in [4.69, 9.17) is 0 Å². The van der Waals surface area contributed by atoms with Gasteiger partial charge < -0.3 is 10.2 Å². The number of hydrogen-bond acceptors (Lipinski definition) is 3. The van der Waals surface area contributed by atoms with Crippen molar-refractivity contribution in [3.8, 4) is 0 Å². The fourth-order valence-electron chi connectivity index (χ4n) is 2.41. The van der Waals surface area contributed by atoms with Crippen molar-refractivity contribution in [2.75, 3.05) is 11.9 Å². The lowest BCUT2D eigenvalue weighted by Gasteiger charge is -2.36. The van der Waals surface area contributed by atoms with Gasteiger partial charge in [0.15, 0.2) is 0 Å². The van der Waals surface area contributed by atoms with Crippen LogP contribution in [0.3, 0.4) is 0 Å². The molecule has 0 radical (unpaired) electrons. The predicted molar refractivity (Wildman–Crippen MR) is 70.1 cm³/mol. The molecule has 18 heavy (non-hydrogen) atoms. The van der Waals surface area contributed by atoms with Crippen LogP contribution in [-0.2, 0) is 6.54 Å². The summed E-state index contributed by atoms with van der Waals surface area (Å²) in [5, 5.41) is 3.44. The lowest BCUT2D eigenvalue weighted by atomic mass is 9.91. The van der Waals surface area contributed by atoms with Crippen LogP contribution in [0.5, 0.6) is 0 Å². The number of pyridine rings is 1. The van der Waals surface area contributed by atoms with Crippen molar-refractivity contribution in [2.24, 2.45) is 0 Å². The average molecular weight is 249 g/mol. The minimum atomic E-state index is -0.242. The fourth-order valence-corrected chi connectivity index (χ4v) is 2.41. The van der Waals surface area contributed by atoms with Crippen molar-refractivity contribution < 1.29 is 4.39 Å². The maximum Gasteiger partial charge on any atom is 0.141 e. The van der Waals surface area contributed by atoms with Gasteiger partial charge in [-0.05, 0) is 38.2 Å². The molecule has 1 N–H and O–H groups in total. The molecule has 1 aromatic heterocycles. The SMILES string of the molecule is CN(c1ncc(F)cc1CNC1CC1)C1CCC1. The van der Waals surface area contributed by atoms with Gasteiger partial charge in [0.2, 0.25) is 0 Å². The first-order chi connectivity index (χ1) is 8.74. The third kappa shape index (κ3) is 2.48. The molecule has 4 heteroatoms. The average Bonchev–Trinajstić information content (AvgIpc) is 3.07. The zero-order chi connectivity index (χ0) is 12.5. The van der Waals surface area contributed by atoms with E-state index in [0.29, 0.717) is 12.1 Å². The minimum absolute atomic E-state index is 0.242. The van der Waals surface area contributed by atoms with Crippen LogP contribution in [0.4, 0.5) is 10.2 Å². The van der Waals surface area contributed by atoms with E-state index in [9.17, 15) is 4.39 Å². The number of rotatable bonds is 5. The molecule has 0 unspecified atom stereocenters. The summed E-state index contributed by atoms with van der Waals surface area (Å²) >= 11 is 0. The summed E-state index contributed by atoms with van der Waals surface area (Å²) in [6, 6.07) is 2.84.